The Morgan fingerprint density at radius 3 is 2.68 bits per heavy atom. The normalized spacial score (nSPS) is 21.4. The average molecular weight is 292 g/mol. The Hall–Kier alpha value is -0.710. The number of aromatic nitrogens is 1. The highest BCUT2D eigenvalue weighted by Gasteiger charge is 2.33. The van der Waals surface area contributed by atoms with Gasteiger partial charge in [0.2, 0.25) is 0 Å². The summed E-state index contributed by atoms with van der Waals surface area (Å²) in [6, 6.07) is 2.41. The minimum absolute atomic E-state index is 0.157. The van der Waals surface area contributed by atoms with Crippen molar-refractivity contribution >= 4 is 22.7 Å². The number of hydrogen-bond donors (Lipinski definition) is 1. The molecule has 1 aliphatic carbocycles. The first-order valence-corrected chi connectivity index (χ1v) is 8.31. The molecule has 2 aromatic rings. The highest BCUT2D eigenvalue weighted by atomic mass is 32.1. The number of thiophene rings is 1. The summed E-state index contributed by atoms with van der Waals surface area (Å²) in [7, 11) is 0. The summed E-state index contributed by atoms with van der Waals surface area (Å²) < 4.78 is 0. The molecule has 3 rings (SSSR count). The number of thiazole rings is 1. The Morgan fingerprint density at radius 2 is 2.05 bits per heavy atom. The quantitative estimate of drug-likeness (QED) is 0.842. The van der Waals surface area contributed by atoms with E-state index in [9.17, 15) is 0 Å². The first-order chi connectivity index (χ1) is 8.85. The zero-order valence-corrected chi connectivity index (χ0v) is 13.5. The third kappa shape index (κ3) is 2.37. The van der Waals surface area contributed by atoms with Crippen molar-refractivity contribution in [3.8, 4) is 10.6 Å². The Morgan fingerprint density at radius 1 is 1.32 bits per heavy atom. The lowest BCUT2D eigenvalue weighted by atomic mass is 9.77. The van der Waals surface area contributed by atoms with Crippen molar-refractivity contribution in [2.75, 3.05) is 0 Å². The summed E-state index contributed by atoms with van der Waals surface area (Å²) in [5, 5.41) is 1.15. The molecule has 0 radical (unpaired) electrons. The van der Waals surface area contributed by atoms with E-state index in [2.05, 4.69) is 33.8 Å². The zero-order chi connectivity index (χ0) is 13.8. The van der Waals surface area contributed by atoms with Crippen LogP contribution in [-0.2, 0) is 6.42 Å². The van der Waals surface area contributed by atoms with Gasteiger partial charge in [0.15, 0.2) is 0 Å². The molecule has 1 aliphatic rings. The second-order valence-corrected chi connectivity index (χ2v) is 8.80. The molecule has 2 aromatic heterocycles. The lowest BCUT2D eigenvalue weighted by Crippen LogP contribution is -2.28. The Balaban J connectivity index is 2.06. The highest BCUT2D eigenvalue weighted by molar-refractivity contribution is 7.16. The third-order valence-electron chi connectivity index (χ3n) is 3.75. The topological polar surface area (TPSA) is 38.9 Å². The number of nitrogens with two attached hydrogens (primary N) is 1. The van der Waals surface area contributed by atoms with Gasteiger partial charge in [0, 0.05) is 26.2 Å². The maximum Gasteiger partial charge on any atom is 0.125 e. The van der Waals surface area contributed by atoms with Crippen LogP contribution >= 0.6 is 22.7 Å². The van der Waals surface area contributed by atoms with Gasteiger partial charge < -0.3 is 5.73 Å². The molecule has 0 aliphatic heterocycles. The van der Waals surface area contributed by atoms with Crippen molar-refractivity contribution in [1.29, 1.82) is 0 Å². The van der Waals surface area contributed by atoms with Gasteiger partial charge in [0.05, 0.1) is 5.69 Å². The number of nitrogens with zero attached hydrogens (tertiary/aromatic N) is 1. The van der Waals surface area contributed by atoms with E-state index < -0.39 is 0 Å². The van der Waals surface area contributed by atoms with E-state index in [-0.39, 0.29) is 11.5 Å². The fraction of sp³-hybridized carbons (Fsp3) is 0.533. The van der Waals surface area contributed by atoms with Crippen molar-refractivity contribution in [3.63, 3.8) is 0 Å². The van der Waals surface area contributed by atoms with Gasteiger partial charge in [-0.05, 0) is 38.2 Å². The van der Waals surface area contributed by atoms with Crippen LogP contribution in [0.5, 0.6) is 0 Å². The van der Waals surface area contributed by atoms with Gasteiger partial charge in [-0.15, -0.1) is 22.7 Å². The number of rotatable bonds is 1. The molecule has 1 unspecified atom stereocenters. The standard InChI is InChI=1S/C15H20N2S2/c1-8-5-10(9(2)18-8)14-17-12-7-15(3,4)6-11(16)13(12)19-14/h5,11H,6-7,16H2,1-4H3. The van der Waals surface area contributed by atoms with E-state index >= 15 is 0 Å². The summed E-state index contributed by atoms with van der Waals surface area (Å²) in [5.74, 6) is 0. The predicted molar refractivity (Wildman–Crippen MR) is 83.9 cm³/mol. The molecule has 1 atom stereocenters. The largest absolute Gasteiger partial charge is 0.323 e. The maximum atomic E-state index is 6.33. The fourth-order valence-corrected chi connectivity index (χ4v) is 5.10. The second-order valence-electron chi connectivity index (χ2n) is 6.31. The summed E-state index contributed by atoms with van der Waals surface area (Å²) in [6.07, 6.45) is 2.11. The lowest BCUT2D eigenvalue weighted by Gasteiger charge is -2.32. The second kappa shape index (κ2) is 4.40. The fourth-order valence-electron chi connectivity index (χ4n) is 2.95. The molecular weight excluding hydrogens is 272 g/mol. The van der Waals surface area contributed by atoms with Gasteiger partial charge in [-0.25, -0.2) is 4.98 Å². The van der Waals surface area contributed by atoms with Crippen LogP contribution in [0.4, 0.5) is 0 Å². The highest BCUT2D eigenvalue weighted by Crippen LogP contribution is 2.44. The van der Waals surface area contributed by atoms with Gasteiger partial charge >= 0.3 is 0 Å². The number of aryl methyl sites for hydroxylation is 2. The van der Waals surface area contributed by atoms with Crippen LogP contribution in [0.2, 0.25) is 0 Å². The molecule has 2 nitrogen and oxygen atoms in total. The molecule has 19 heavy (non-hydrogen) atoms. The van der Waals surface area contributed by atoms with Crippen molar-refractivity contribution in [2.24, 2.45) is 11.1 Å². The van der Waals surface area contributed by atoms with E-state index in [0.29, 0.717) is 0 Å². The molecule has 0 amide bonds. The van der Waals surface area contributed by atoms with E-state index in [1.807, 2.05) is 11.3 Å². The summed E-state index contributed by atoms with van der Waals surface area (Å²) in [6.45, 7) is 8.91. The van der Waals surface area contributed by atoms with E-state index in [0.717, 1.165) is 17.8 Å². The van der Waals surface area contributed by atoms with Crippen LogP contribution < -0.4 is 5.73 Å². The van der Waals surface area contributed by atoms with Crippen LogP contribution in [0.25, 0.3) is 10.6 Å². The lowest BCUT2D eigenvalue weighted by molar-refractivity contribution is 0.282. The van der Waals surface area contributed by atoms with Gasteiger partial charge in [-0.3, -0.25) is 0 Å². The summed E-state index contributed by atoms with van der Waals surface area (Å²) >= 11 is 3.64. The third-order valence-corrected chi connectivity index (χ3v) is 5.98. The molecule has 102 valence electrons. The molecule has 2 heterocycles. The van der Waals surface area contributed by atoms with Crippen molar-refractivity contribution in [3.05, 3.63) is 26.4 Å². The van der Waals surface area contributed by atoms with Gasteiger partial charge in [-0.2, -0.15) is 0 Å². The molecular formula is C15H20N2S2. The molecule has 0 saturated carbocycles. The van der Waals surface area contributed by atoms with Gasteiger partial charge in [-0.1, -0.05) is 13.8 Å². The molecule has 2 N–H and O–H groups in total. The van der Waals surface area contributed by atoms with Crippen LogP contribution in [0.1, 0.15) is 46.6 Å². The van der Waals surface area contributed by atoms with Gasteiger partial charge in [0.1, 0.15) is 5.01 Å². The Bertz CT molecular complexity index is 622. The molecule has 0 spiro atoms. The smallest absolute Gasteiger partial charge is 0.125 e. The number of fused-ring (bicyclic) bond motifs is 1. The SMILES string of the molecule is Cc1cc(-c2nc3c(s2)C(N)CC(C)(C)C3)c(C)s1. The minimum atomic E-state index is 0.157. The van der Waals surface area contributed by atoms with Gasteiger partial charge in [0.25, 0.3) is 0 Å². The molecule has 0 aromatic carbocycles. The average Bonchev–Trinajstić information content (AvgIpc) is 2.80. The molecule has 0 bridgehead atoms. The van der Waals surface area contributed by atoms with Crippen molar-refractivity contribution in [1.82, 2.24) is 4.98 Å². The zero-order valence-electron chi connectivity index (χ0n) is 11.9. The predicted octanol–water partition coefficient (Wildman–Crippen LogP) is 4.46. The van der Waals surface area contributed by atoms with E-state index in [1.54, 1.807) is 11.3 Å². The summed E-state index contributed by atoms with van der Waals surface area (Å²) in [4.78, 5) is 8.90. The van der Waals surface area contributed by atoms with Crippen LogP contribution in [0.15, 0.2) is 6.07 Å². The van der Waals surface area contributed by atoms with E-state index in [4.69, 9.17) is 10.7 Å². The summed E-state index contributed by atoms with van der Waals surface area (Å²) in [5.41, 5.74) is 9.13. The first-order valence-electron chi connectivity index (χ1n) is 6.68. The van der Waals surface area contributed by atoms with E-state index in [1.165, 1.54) is 25.9 Å². The van der Waals surface area contributed by atoms with Crippen LogP contribution in [-0.4, -0.2) is 4.98 Å². The van der Waals surface area contributed by atoms with Crippen molar-refractivity contribution < 1.29 is 0 Å². The van der Waals surface area contributed by atoms with Crippen molar-refractivity contribution in [2.45, 2.75) is 46.6 Å². The first kappa shape index (κ1) is 13.3. The monoisotopic (exact) mass is 292 g/mol. The number of hydrogen-bond acceptors (Lipinski definition) is 4. The molecule has 4 heteroatoms. The Kier molecular flexibility index (Phi) is 3.08. The molecule has 0 saturated heterocycles. The van der Waals surface area contributed by atoms with Crippen LogP contribution in [0, 0.1) is 19.3 Å². The maximum absolute atomic E-state index is 6.33. The molecule has 0 fully saturated rings. The minimum Gasteiger partial charge on any atom is -0.323 e. The Labute approximate surface area is 122 Å². The van der Waals surface area contributed by atoms with Crippen LogP contribution in [0.3, 0.4) is 0 Å².